The van der Waals surface area contributed by atoms with Crippen molar-refractivity contribution in [2.24, 2.45) is 0 Å². The third kappa shape index (κ3) is 2.56. The van der Waals surface area contributed by atoms with Crippen molar-refractivity contribution in [3.05, 3.63) is 17.6 Å². The highest BCUT2D eigenvalue weighted by Gasteiger charge is 2.20. The second kappa shape index (κ2) is 4.81. The first-order valence-electron chi connectivity index (χ1n) is 6.90. The zero-order chi connectivity index (χ0) is 13.4. The molecule has 3 N–H and O–H groups in total. The Morgan fingerprint density at radius 1 is 1.21 bits per heavy atom. The summed E-state index contributed by atoms with van der Waals surface area (Å²) < 4.78 is 0. The van der Waals surface area contributed by atoms with Crippen molar-refractivity contribution < 1.29 is 5.11 Å². The van der Waals surface area contributed by atoms with Crippen LogP contribution in [-0.4, -0.2) is 32.2 Å². The van der Waals surface area contributed by atoms with Crippen LogP contribution in [0.2, 0.25) is 0 Å². The Bertz CT molecular complexity index is 584. The molecule has 0 radical (unpaired) electrons. The molecule has 0 amide bonds. The number of hydrogen-bond acceptors (Lipinski definition) is 4. The molecule has 0 aliphatic heterocycles. The first-order valence-corrected chi connectivity index (χ1v) is 6.90. The number of aliphatic hydroxyl groups excluding tert-OH is 1. The lowest BCUT2D eigenvalue weighted by molar-refractivity contribution is 0.126. The SMILES string of the molecule is Cc1nc(NC2CCC(O)CC2)c2cc(C)[nH]c2n1. The fourth-order valence-electron chi connectivity index (χ4n) is 2.78. The molecule has 1 saturated carbocycles. The van der Waals surface area contributed by atoms with Crippen LogP contribution < -0.4 is 5.32 Å². The van der Waals surface area contributed by atoms with Crippen molar-refractivity contribution >= 4 is 16.9 Å². The van der Waals surface area contributed by atoms with E-state index in [1.54, 1.807) is 0 Å². The lowest BCUT2D eigenvalue weighted by Gasteiger charge is -2.26. The number of aromatic nitrogens is 3. The van der Waals surface area contributed by atoms with E-state index in [0.717, 1.165) is 54.1 Å². The molecule has 0 saturated heterocycles. The second-order valence-electron chi connectivity index (χ2n) is 5.48. The number of H-pyrrole nitrogens is 1. The van der Waals surface area contributed by atoms with E-state index in [1.165, 1.54) is 0 Å². The van der Waals surface area contributed by atoms with Gasteiger partial charge in [0.1, 0.15) is 17.3 Å². The van der Waals surface area contributed by atoms with Gasteiger partial charge in [-0.1, -0.05) is 0 Å². The van der Waals surface area contributed by atoms with E-state index in [2.05, 4.69) is 26.3 Å². The molecule has 2 aromatic rings. The summed E-state index contributed by atoms with van der Waals surface area (Å²) in [5, 5.41) is 14.1. The number of aryl methyl sites for hydroxylation is 2. The molecule has 0 bridgehead atoms. The van der Waals surface area contributed by atoms with Crippen molar-refractivity contribution in [1.82, 2.24) is 15.0 Å². The predicted octanol–water partition coefficient (Wildman–Crippen LogP) is 2.29. The summed E-state index contributed by atoms with van der Waals surface area (Å²) in [5.74, 6) is 1.68. The highest BCUT2D eigenvalue weighted by Crippen LogP contribution is 2.26. The van der Waals surface area contributed by atoms with Crippen LogP contribution in [0.5, 0.6) is 0 Å². The van der Waals surface area contributed by atoms with Crippen molar-refractivity contribution in [1.29, 1.82) is 0 Å². The highest BCUT2D eigenvalue weighted by molar-refractivity contribution is 5.87. The molecule has 1 aliphatic rings. The van der Waals surface area contributed by atoms with Crippen molar-refractivity contribution in [2.75, 3.05) is 5.32 Å². The minimum atomic E-state index is -0.125. The lowest BCUT2D eigenvalue weighted by Crippen LogP contribution is -2.28. The van der Waals surface area contributed by atoms with Gasteiger partial charge in [-0.25, -0.2) is 9.97 Å². The normalized spacial score (nSPS) is 23.7. The minimum absolute atomic E-state index is 0.125. The van der Waals surface area contributed by atoms with Crippen LogP contribution in [0.25, 0.3) is 11.0 Å². The van der Waals surface area contributed by atoms with E-state index in [0.29, 0.717) is 6.04 Å². The number of hydrogen-bond donors (Lipinski definition) is 3. The summed E-state index contributed by atoms with van der Waals surface area (Å²) in [6.07, 6.45) is 3.61. The summed E-state index contributed by atoms with van der Waals surface area (Å²) >= 11 is 0. The van der Waals surface area contributed by atoms with E-state index in [9.17, 15) is 5.11 Å². The van der Waals surface area contributed by atoms with Crippen molar-refractivity contribution in [3.8, 4) is 0 Å². The van der Waals surface area contributed by atoms with E-state index in [4.69, 9.17) is 0 Å². The third-order valence-electron chi connectivity index (χ3n) is 3.77. The number of rotatable bonds is 2. The fourth-order valence-corrected chi connectivity index (χ4v) is 2.78. The maximum absolute atomic E-state index is 9.55. The van der Waals surface area contributed by atoms with Crippen molar-refractivity contribution in [3.63, 3.8) is 0 Å². The quantitative estimate of drug-likeness (QED) is 0.774. The van der Waals surface area contributed by atoms with Crippen LogP contribution in [0.3, 0.4) is 0 Å². The third-order valence-corrected chi connectivity index (χ3v) is 3.77. The van der Waals surface area contributed by atoms with Gasteiger partial charge in [0.25, 0.3) is 0 Å². The Kier molecular flexibility index (Phi) is 3.14. The van der Waals surface area contributed by atoms with Crippen LogP contribution in [0.15, 0.2) is 6.07 Å². The van der Waals surface area contributed by atoms with Gasteiger partial charge in [0, 0.05) is 11.7 Å². The summed E-state index contributed by atoms with van der Waals surface area (Å²) in [7, 11) is 0. The van der Waals surface area contributed by atoms with Gasteiger partial charge >= 0.3 is 0 Å². The number of aromatic amines is 1. The number of anilines is 1. The first-order chi connectivity index (χ1) is 9.11. The van der Waals surface area contributed by atoms with Crippen LogP contribution in [0.4, 0.5) is 5.82 Å². The smallest absolute Gasteiger partial charge is 0.143 e. The fraction of sp³-hybridized carbons (Fsp3) is 0.571. The number of fused-ring (bicyclic) bond motifs is 1. The summed E-state index contributed by atoms with van der Waals surface area (Å²) in [5.41, 5.74) is 1.99. The molecule has 1 fully saturated rings. The van der Waals surface area contributed by atoms with Crippen LogP contribution in [0, 0.1) is 13.8 Å². The van der Waals surface area contributed by atoms with Gasteiger partial charge in [0.15, 0.2) is 0 Å². The Morgan fingerprint density at radius 2 is 1.95 bits per heavy atom. The number of aliphatic hydroxyl groups is 1. The van der Waals surface area contributed by atoms with Crippen LogP contribution in [0.1, 0.15) is 37.2 Å². The molecule has 2 heterocycles. The molecule has 0 atom stereocenters. The minimum Gasteiger partial charge on any atom is -0.393 e. The molecule has 0 spiro atoms. The zero-order valence-corrected chi connectivity index (χ0v) is 11.4. The van der Waals surface area contributed by atoms with E-state index >= 15 is 0 Å². The molecule has 102 valence electrons. The Hall–Kier alpha value is -1.62. The van der Waals surface area contributed by atoms with Crippen LogP contribution >= 0.6 is 0 Å². The van der Waals surface area contributed by atoms with Crippen LogP contribution in [-0.2, 0) is 0 Å². The maximum Gasteiger partial charge on any atom is 0.143 e. The van der Waals surface area contributed by atoms with Gasteiger partial charge in [-0.3, -0.25) is 0 Å². The molecule has 5 heteroatoms. The lowest BCUT2D eigenvalue weighted by atomic mass is 9.93. The van der Waals surface area contributed by atoms with Crippen molar-refractivity contribution in [2.45, 2.75) is 51.7 Å². The summed E-state index contributed by atoms with van der Waals surface area (Å²) in [4.78, 5) is 12.2. The van der Waals surface area contributed by atoms with Gasteiger partial charge in [0.05, 0.1) is 11.5 Å². The summed E-state index contributed by atoms with van der Waals surface area (Å²) in [6.45, 7) is 3.93. The standard InChI is InChI=1S/C14H20N4O/c1-8-7-12-13(15-8)16-9(2)17-14(12)18-10-3-5-11(19)6-4-10/h7,10-11,19H,3-6H2,1-2H3,(H2,15,16,17,18). The Balaban J connectivity index is 1.87. The average molecular weight is 260 g/mol. The zero-order valence-electron chi connectivity index (χ0n) is 11.4. The van der Waals surface area contributed by atoms with Gasteiger partial charge in [-0.2, -0.15) is 0 Å². The van der Waals surface area contributed by atoms with Gasteiger partial charge in [0.2, 0.25) is 0 Å². The molecule has 1 aliphatic carbocycles. The summed E-state index contributed by atoms with van der Waals surface area (Å²) in [6, 6.07) is 2.48. The molecule has 2 aromatic heterocycles. The van der Waals surface area contributed by atoms with Gasteiger partial charge < -0.3 is 15.4 Å². The topological polar surface area (TPSA) is 73.8 Å². The molecule has 0 aromatic carbocycles. The van der Waals surface area contributed by atoms with Gasteiger partial charge in [-0.05, 0) is 45.6 Å². The van der Waals surface area contributed by atoms with E-state index in [-0.39, 0.29) is 6.10 Å². The monoisotopic (exact) mass is 260 g/mol. The average Bonchev–Trinajstić information content (AvgIpc) is 2.72. The molecule has 3 rings (SSSR count). The molecule has 0 unspecified atom stereocenters. The highest BCUT2D eigenvalue weighted by atomic mass is 16.3. The molecule has 19 heavy (non-hydrogen) atoms. The van der Waals surface area contributed by atoms with E-state index in [1.807, 2.05) is 13.8 Å². The Labute approximate surface area is 112 Å². The number of nitrogens with one attached hydrogen (secondary N) is 2. The Morgan fingerprint density at radius 3 is 2.68 bits per heavy atom. The predicted molar refractivity (Wildman–Crippen MR) is 75.2 cm³/mol. The number of nitrogens with zero attached hydrogens (tertiary/aromatic N) is 2. The van der Waals surface area contributed by atoms with E-state index < -0.39 is 0 Å². The molecule has 5 nitrogen and oxygen atoms in total. The second-order valence-corrected chi connectivity index (χ2v) is 5.48. The molecular weight excluding hydrogens is 240 g/mol. The first kappa shape index (κ1) is 12.4. The molecular formula is C14H20N4O. The van der Waals surface area contributed by atoms with Gasteiger partial charge in [-0.15, -0.1) is 0 Å². The maximum atomic E-state index is 9.55. The largest absolute Gasteiger partial charge is 0.393 e.